The molecule has 2 heteroatoms. The zero-order valence-corrected chi connectivity index (χ0v) is 18.2. The lowest BCUT2D eigenvalue weighted by atomic mass is 9.84. The molecule has 0 aromatic carbocycles. The molecule has 0 aromatic heterocycles. The van der Waals surface area contributed by atoms with Gasteiger partial charge in [-0.05, 0) is 37.0 Å². The Hall–Kier alpha value is -0.530. The second kappa shape index (κ2) is 14.6. The molecule has 2 unspecified atom stereocenters. The quantitative estimate of drug-likeness (QED) is 0.222. The van der Waals surface area contributed by atoms with Crippen molar-refractivity contribution in [3.8, 4) is 0 Å². The maximum absolute atomic E-state index is 12.1. The fraction of sp³-hybridized carbons (Fsp3) is 0.957. The highest BCUT2D eigenvalue weighted by Gasteiger charge is 2.20. The van der Waals surface area contributed by atoms with Crippen LogP contribution in [0.2, 0.25) is 0 Å². The van der Waals surface area contributed by atoms with Crippen molar-refractivity contribution in [3.63, 3.8) is 0 Å². The van der Waals surface area contributed by atoms with Gasteiger partial charge in [-0.25, -0.2) is 0 Å². The molecule has 0 heterocycles. The van der Waals surface area contributed by atoms with Gasteiger partial charge in [-0.1, -0.05) is 92.9 Å². The van der Waals surface area contributed by atoms with Crippen LogP contribution >= 0.6 is 0 Å². The molecular formula is C23H46O2. The summed E-state index contributed by atoms with van der Waals surface area (Å²) in [7, 11) is 0. The van der Waals surface area contributed by atoms with E-state index in [1.807, 2.05) is 0 Å². The van der Waals surface area contributed by atoms with Gasteiger partial charge in [-0.3, -0.25) is 4.79 Å². The molecule has 0 aliphatic heterocycles. The first kappa shape index (κ1) is 24.5. The zero-order valence-electron chi connectivity index (χ0n) is 18.2. The molecule has 0 radical (unpaired) electrons. The number of carbonyl (C=O) groups excluding carboxylic acids is 1. The largest absolute Gasteiger partial charge is 0.462 e. The van der Waals surface area contributed by atoms with Crippen LogP contribution < -0.4 is 0 Å². The van der Waals surface area contributed by atoms with E-state index in [9.17, 15) is 4.79 Å². The van der Waals surface area contributed by atoms with Crippen LogP contribution in [0.5, 0.6) is 0 Å². The summed E-state index contributed by atoms with van der Waals surface area (Å²) < 4.78 is 5.72. The van der Waals surface area contributed by atoms with E-state index in [0.717, 1.165) is 19.3 Å². The third-order valence-electron chi connectivity index (χ3n) is 4.86. The van der Waals surface area contributed by atoms with Gasteiger partial charge in [0.25, 0.3) is 0 Å². The molecule has 0 aliphatic rings. The third-order valence-corrected chi connectivity index (χ3v) is 4.86. The van der Waals surface area contributed by atoms with E-state index < -0.39 is 0 Å². The number of ether oxygens (including phenoxy) is 1. The summed E-state index contributed by atoms with van der Waals surface area (Å²) in [6.07, 6.45) is 15.8. The van der Waals surface area contributed by atoms with Gasteiger partial charge in [0, 0.05) is 6.42 Å². The third kappa shape index (κ3) is 16.7. The molecule has 0 aromatic rings. The topological polar surface area (TPSA) is 26.3 Å². The minimum Gasteiger partial charge on any atom is -0.462 e. The van der Waals surface area contributed by atoms with Gasteiger partial charge in [-0.2, -0.15) is 0 Å². The molecule has 2 nitrogen and oxygen atoms in total. The molecule has 0 rings (SSSR count). The lowest BCUT2D eigenvalue weighted by Gasteiger charge is -2.23. The van der Waals surface area contributed by atoms with E-state index in [1.54, 1.807) is 0 Å². The van der Waals surface area contributed by atoms with Crippen molar-refractivity contribution in [2.75, 3.05) is 0 Å². The smallest absolute Gasteiger partial charge is 0.306 e. The molecule has 150 valence electrons. The van der Waals surface area contributed by atoms with Crippen molar-refractivity contribution in [2.24, 2.45) is 11.3 Å². The standard InChI is InChI=1S/C23H46O2/c1-7-9-10-11-12-13-14-15-16-17-21(8-2)25-22(24)18-20(3)19-23(4,5)6/h20-21H,7-19H2,1-6H3. The average molecular weight is 355 g/mol. The molecule has 0 saturated heterocycles. The molecule has 0 bridgehead atoms. The fourth-order valence-electron chi connectivity index (χ4n) is 3.67. The van der Waals surface area contributed by atoms with Crippen LogP contribution in [0.15, 0.2) is 0 Å². The van der Waals surface area contributed by atoms with Crippen molar-refractivity contribution in [3.05, 3.63) is 0 Å². The maximum atomic E-state index is 12.1. The molecule has 0 fully saturated rings. The summed E-state index contributed by atoms with van der Waals surface area (Å²) in [4.78, 5) is 12.1. The molecule has 0 amide bonds. The summed E-state index contributed by atoms with van der Waals surface area (Å²) in [5.41, 5.74) is 0.278. The van der Waals surface area contributed by atoms with Crippen LogP contribution in [-0.4, -0.2) is 12.1 Å². The SMILES string of the molecule is CCCCCCCCCCCC(CC)OC(=O)CC(C)CC(C)(C)C. The lowest BCUT2D eigenvalue weighted by molar-refractivity contribution is -0.150. The minimum atomic E-state index is -0.000441. The number of rotatable bonds is 15. The fourth-order valence-corrected chi connectivity index (χ4v) is 3.67. The molecule has 0 saturated carbocycles. The predicted molar refractivity (Wildman–Crippen MR) is 110 cm³/mol. The Balaban J connectivity index is 3.75. The Morgan fingerprint density at radius 1 is 0.880 bits per heavy atom. The van der Waals surface area contributed by atoms with E-state index in [4.69, 9.17) is 4.74 Å². The lowest BCUT2D eigenvalue weighted by Crippen LogP contribution is -2.21. The minimum absolute atomic E-state index is 0.000441. The van der Waals surface area contributed by atoms with Gasteiger partial charge in [-0.15, -0.1) is 0 Å². The second-order valence-corrected chi connectivity index (χ2v) is 9.21. The number of carbonyl (C=O) groups is 1. The molecule has 25 heavy (non-hydrogen) atoms. The van der Waals surface area contributed by atoms with Crippen LogP contribution in [0.3, 0.4) is 0 Å². The summed E-state index contributed by atoms with van der Waals surface area (Å²) in [6.45, 7) is 13.2. The number of esters is 1. The summed E-state index contributed by atoms with van der Waals surface area (Å²) >= 11 is 0. The second-order valence-electron chi connectivity index (χ2n) is 9.21. The van der Waals surface area contributed by atoms with Crippen molar-refractivity contribution >= 4 is 5.97 Å². The first-order valence-electron chi connectivity index (χ1n) is 11.0. The van der Waals surface area contributed by atoms with Crippen LogP contribution in [0.1, 0.15) is 125 Å². The van der Waals surface area contributed by atoms with E-state index in [1.165, 1.54) is 57.8 Å². The van der Waals surface area contributed by atoms with E-state index >= 15 is 0 Å². The molecular weight excluding hydrogens is 308 g/mol. The molecule has 2 atom stereocenters. The van der Waals surface area contributed by atoms with Gasteiger partial charge >= 0.3 is 5.97 Å². The first-order chi connectivity index (χ1) is 11.8. The summed E-state index contributed by atoms with van der Waals surface area (Å²) in [5, 5.41) is 0. The Labute approximate surface area is 158 Å². The summed E-state index contributed by atoms with van der Waals surface area (Å²) in [5.74, 6) is 0.400. The Morgan fingerprint density at radius 3 is 1.88 bits per heavy atom. The van der Waals surface area contributed by atoms with Gasteiger partial charge in [0.15, 0.2) is 0 Å². The van der Waals surface area contributed by atoms with Crippen LogP contribution in [0.25, 0.3) is 0 Å². The van der Waals surface area contributed by atoms with Crippen molar-refractivity contribution in [1.82, 2.24) is 0 Å². The number of unbranched alkanes of at least 4 members (excludes halogenated alkanes) is 8. The predicted octanol–water partition coefficient (Wildman–Crippen LogP) is 7.69. The average Bonchev–Trinajstić information content (AvgIpc) is 2.50. The van der Waals surface area contributed by atoms with Gasteiger partial charge in [0.1, 0.15) is 6.10 Å². The van der Waals surface area contributed by atoms with E-state index in [2.05, 4.69) is 41.5 Å². The Morgan fingerprint density at radius 2 is 1.40 bits per heavy atom. The van der Waals surface area contributed by atoms with Crippen molar-refractivity contribution in [2.45, 2.75) is 131 Å². The Kier molecular flexibility index (Phi) is 14.3. The van der Waals surface area contributed by atoms with Gasteiger partial charge in [0.2, 0.25) is 0 Å². The normalized spacial score (nSPS) is 14.3. The van der Waals surface area contributed by atoms with Gasteiger partial charge in [0.05, 0.1) is 0 Å². The monoisotopic (exact) mass is 354 g/mol. The highest BCUT2D eigenvalue weighted by Crippen LogP contribution is 2.26. The Bertz CT molecular complexity index is 317. The highest BCUT2D eigenvalue weighted by molar-refractivity contribution is 5.69. The van der Waals surface area contributed by atoms with Gasteiger partial charge < -0.3 is 4.74 Å². The van der Waals surface area contributed by atoms with E-state index in [0.29, 0.717) is 12.3 Å². The summed E-state index contributed by atoms with van der Waals surface area (Å²) in [6, 6.07) is 0. The van der Waals surface area contributed by atoms with Crippen LogP contribution in [0, 0.1) is 11.3 Å². The van der Waals surface area contributed by atoms with Crippen LogP contribution in [-0.2, 0) is 9.53 Å². The van der Waals surface area contributed by atoms with Crippen molar-refractivity contribution < 1.29 is 9.53 Å². The zero-order chi connectivity index (χ0) is 19.1. The number of hydrogen-bond donors (Lipinski definition) is 0. The molecule has 0 aliphatic carbocycles. The van der Waals surface area contributed by atoms with Crippen molar-refractivity contribution in [1.29, 1.82) is 0 Å². The number of hydrogen-bond acceptors (Lipinski definition) is 2. The molecule has 0 spiro atoms. The first-order valence-corrected chi connectivity index (χ1v) is 11.0. The maximum Gasteiger partial charge on any atom is 0.306 e. The van der Waals surface area contributed by atoms with Crippen LogP contribution in [0.4, 0.5) is 0 Å². The van der Waals surface area contributed by atoms with E-state index in [-0.39, 0.29) is 17.5 Å². The molecule has 0 N–H and O–H groups in total. The highest BCUT2D eigenvalue weighted by atomic mass is 16.5.